The Morgan fingerprint density at radius 3 is 1.37 bits per heavy atom. The third kappa shape index (κ3) is 28.0. The molecule has 3 N–H and O–H groups in total. The van der Waals surface area contributed by atoms with Crippen molar-refractivity contribution in [3.63, 3.8) is 0 Å². The third-order valence-electron chi connectivity index (χ3n) is 14.6. The molecule has 0 bridgehead atoms. The number of halogens is 18. The topological polar surface area (TPSA) is 231 Å². The summed E-state index contributed by atoms with van der Waals surface area (Å²) >= 11 is -1.44. The summed E-state index contributed by atoms with van der Waals surface area (Å²) in [5.74, 6) is -2.92. The normalized spacial score (nSPS) is 12.8. The van der Waals surface area contributed by atoms with Gasteiger partial charge in [0.25, 0.3) is 0 Å². The van der Waals surface area contributed by atoms with Gasteiger partial charge in [0.05, 0.1) is 69.4 Å². The molecule has 0 saturated carbocycles. The Labute approximate surface area is 611 Å². The van der Waals surface area contributed by atoms with Crippen LogP contribution in [-0.4, -0.2) is 100 Å². The quantitative estimate of drug-likeness (QED) is 0.0279. The van der Waals surface area contributed by atoms with Crippen LogP contribution in [0.15, 0.2) is 140 Å². The zero-order valence-electron chi connectivity index (χ0n) is 55.7. The maximum absolute atomic E-state index is 14.1. The summed E-state index contributed by atoms with van der Waals surface area (Å²) in [4.78, 5) is 22.7. The number of aromatic nitrogens is 4. The fraction of sp³-hybridized carbons (Fsp3) is 0.382. The second kappa shape index (κ2) is 40.8. The van der Waals surface area contributed by atoms with E-state index in [2.05, 4.69) is 54.2 Å². The summed E-state index contributed by atoms with van der Waals surface area (Å²) < 4.78 is 256. The summed E-state index contributed by atoms with van der Waals surface area (Å²) in [6.45, 7) is 15.5. The van der Waals surface area contributed by atoms with E-state index in [0.29, 0.717) is 31.8 Å². The van der Waals surface area contributed by atoms with Crippen LogP contribution in [0.4, 0.5) is 75.0 Å². The molecule has 10 aromatic rings. The number of aldehydes is 1. The molecule has 589 valence electrons. The van der Waals surface area contributed by atoms with Crippen molar-refractivity contribution < 1.29 is 146 Å². The Morgan fingerprint density at radius 1 is 0.575 bits per heavy atom. The van der Waals surface area contributed by atoms with Crippen molar-refractivity contribution in [1.82, 2.24) is 19.1 Å². The van der Waals surface area contributed by atoms with Gasteiger partial charge in [0.2, 0.25) is 0 Å². The van der Waals surface area contributed by atoms with E-state index in [1.165, 1.54) is 36.6 Å². The van der Waals surface area contributed by atoms with Crippen LogP contribution in [0, 0.1) is 23.3 Å². The summed E-state index contributed by atoms with van der Waals surface area (Å²) in [7, 11) is -2.19. The summed E-state index contributed by atoms with van der Waals surface area (Å²) in [6, 6.07) is 11.2. The first-order valence-corrected chi connectivity index (χ1v) is 38.7. The van der Waals surface area contributed by atoms with Gasteiger partial charge in [-0.15, -0.1) is 12.4 Å². The molecule has 1 aliphatic rings. The molecule has 0 saturated heterocycles. The van der Waals surface area contributed by atoms with E-state index >= 15 is 0 Å². The average molecular weight is 1630 g/mol. The number of fused-ring (bicyclic) bond motifs is 4. The number of furan rings is 4. The number of nitrogens with zero attached hydrogens (tertiary/aromatic N) is 5. The van der Waals surface area contributed by atoms with E-state index in [0.717, 1.165) is 68.0 Å². The zero-order valence-corrected chi connectivity index (χ0v) is 59.7. The molecule has 0 fully saturated rings. The molecule has 0 aliphatic carbocycles. The van der Waals surface area contributed by atoms with Gasteiger partial charge >= 0.3 is 47.2 Å². The van der Waals surface area contributed by atoms with Crippen molar-refractivity contribution in [1.29, 1.82) is 0 Å². The van der Waals surface area contributed by atoms with Crippen molar-refractivity contribution in [2.24, 2.45) is 4.99 Å². The van der Waals surface area contributed by atoms with Crippen LogP contribution in [0.1, 0.15) is 90.0 Å². The van der Waals surface area contributed by atoms with E-state index < -0.39 is 123 Å². The van der Waals surface area contributed by atoms with Crippen molar-refractivity contribution in [3.05, 3.63) is 191 Å². The van der Waals surface area contributed by atoms with Crippen molar-refractivity contribution >= 4 is 84.4 Å². The first kappa shape index (κ1) is 94.1. The standard InChI is InChI=1S/C20H24F4N2O3Si.C15H11F4NO2.C11H8F4O2.C11H6F4O2.C9H18N2OSi.2CH4.ClH.FH.Mn.2O.H2/c1-30(2,3)9-8-28-12-26-7-6-25-19(26)17(27)14-4-5-15(21)18-16(14)13(11-29-18)10-20(22,23)24;16-10-4-3-9(13(21)11-2-1-5-20-11)12-8(6-15(17,18)19)7-22-14(10)12;2*12-8-2-1-6(4-16)9-7(3-11(13,14)15)5-17-10(8)9;1-13(2,3)7-6-12-9-11-5-4-10-8-11;;;;;;;;/h4-7,11,17,27H,8-10,12H2,1-3H3;1,3-5,7,13,21H,2,6H2;1-2,5,16H,3-4H2;1-2,4-5H,3H2;4-5,8H,6-7,9H2,1-3H3;2*1H4;2*1H;;;;1H. The molecule has 4 aromatic carbocycles. The molecule has 6 aromatic heterocycles. The van der Waals surface area contributed by atoms with Gasteiger partial charge < -0.3 is 51.6 Å². The number of rotatable bonds is 20. The number of aliphatic hydroxyl groups is 3. The van der Waals surface area contributed by atoms with Gasteiger partial charge in [-0.1, -0.05) is 78.4 Å². The predicted octanol–water partition coefficient (Wildman–Crippen LogP) is 20.0. The number of ether oxygens (including phenoxy) is 2. The maximum atomic E-state index is 14.1. The van der Waals surface area contributed by atoms with Gasteiger partial charge in [-0.3, -0.25) is 14.5 Å². The molecule has 7 heterocycles. The molecular formula is C68H79ClF17MnN5O12Si2. The molecule has 0 spiro atoms. The molecule has 11 rings (SSSR count). The fourth-order valence-corrected chi connectivity index (χ4v) is 11.5. The van der Waals surface area contributed by atoms with Crippen molar-refractivity contribution in [3.8, 4) is 0 Å². The molecule has 17 nitrogen and oxygen atoms in total. The number of benzene rings is 4. The number of carbonyl (C=O) groups is 1. The van der Waals surface area contributed by atoms with E-state index in [4.69, 9.17) is 39.9 Å². The second-order valence-electron chi connectivity index (χ2n) is 25.0. The number of imidazole rings is 2. The van der Waals surface area contributed by atoms with Gasteiger partial charge in [-0.2, -0.15) is 52.7 Å². The molecule has 2 atom stereocenters. The van der Waals surface area contributed by atoms with E-state index in [1.807, 2.05) is 10.8 Å². The monoisotopic (exact) mass is 1630 g/mol. The zero-order chi connectivity index (χ0) is 75.7. The number of carbonyl (C=O) groups excluding carboxylic acids is 1. The van der Waals surface area contributed by atoms with E-state index in [1.54, 1.807) is 29.4 Å². The first-order chi connectivity index (χ1) is 47.7. The number of hydrogen-bond acceptors (Lipinski definition) is 15. The Kier molecular flexibility index (Phi) is 36.2. The molecule has 38 heteroatoms. The predicted molar refractivity (Wildman–Crippen MR) is 365 cm³/mol. The molecule has 106 heavy (non-hydrogen) atoms. The van der Waals surface area contributed by atoms with Crippen LogP contribution >= 0.6 is 12.4 Å². The number of alkyl halides is 12. The Balaban J connectivity index is 0.000000672. The third-order valence-corrected chi connectivity index (χ3v) is 18.0. The van der Waals surface area contributed by atoms with E-state index in [-0.39, 0.29) is 134 Å². The van der Waals surface area contributed by atoms with Crippen LogP contribution in [0.25, 0.3) is 43.9 Å². The first-order valence-electron chi connectivity index (χ1n) is 30.3. The summed E-state index contributed by atoms with van der Waals surface area (Å²) in [5.41, 5.74) is -1.21. The SMILES string of the molecule is C.C.C[Si](C)(C)CCOCn1ccnc1.C[Si](C)(C)CCOCn1ccnc1C(O)c1ccc(F)c2occ(CC(F)(F)F)c12.Cl.F.O=Cc1ccc(F)c2occ(CC(F)(F)F)c12.OC(C1=NC=CC1)c1ccc(F)c2occ(CC(F)(F)F)c12.OCc1ccc(F)c2occ(CC(F)(F)F)c12.[HH].[O]=[Mn]=[O]. The number of hydrogen-bond donors (Lipinski definition) is 3. The van der Waals surface area contributed by atoms with Crippen LogP contribution in [0.3, 0.4) is 0 Å². The number of aliphatic imine (C=N–C) groups is 1. The van der Waals surface area contributed by atoms with Gasteiger partial charge in [-0.25, -0.2) is 27.5 Å². The second-order valence-corrected chi connectivity index (χ2v) is 36.5. The van der Waals surface area contributed by atoms with Crippen LogP contribution < -0.4 is 0 Å². The van der Waals surface area contributed by atoms with Crippen molar-refractivity contribution in [2.75, 3.05) is 13.2 Å². The van der Waals surface area contributed by atoms with E-state index in [9.17, 15) is 85.3 Å². The van der Waals surface area contributed by atoms with Gasteiger partial charge in [0, 0.05) is 118 Å². The Hall–Kier alpha value is -8.01. The Bertz CT molecular complexity index is 4500. The minimum absolute atomic E-state index is 0. The molecular weight excluding hydrogens is 1550 g/mol. The van der Waals surface area contributed by atoms with Gasteiger partial charge in [0.1, 0.15) is 31.5 Å². The Morgan fingerprint density at radius 2 is 0.972 bits per heavy atom. The molecule has 0 radical (unpaired) electrons. The number of allylic oxidation sites excluding steroid dienone is 1. The summed E-state index contributed by atoms with van der Waals surface area (Å²) in [5, 5.41) is 30.0. The molecule has 2 unspecified atom stereocenters. The fourth-order valence-electron chi connectivity index (χ4n) is 9.95. The molecule has 0 amide bonds. The number of aliphatic hydroxyl groups excluding tert-OH is 3. The van der Waals surface area contributed by atoms with Crippen LogP contribution in [0.2, 0.25) is 51.4 Å². The van der Waals surface area contributed by atoms with Crippen molar-refractivity contribution in [2.45, 2.75) is 155 Å². The van der Waals surface area contributed by atoms with Crippen LogP contribution in [-0.2, 0) is 77.7 Å². The molecule has 1 aliphatic heterocycles. The average Bonchev–Trinajstić information content (AvgIpc) is 1.67. The summed E-state index contributed by atoms with van der Waals surface area (Å²) in [6.07, 6.45) is -9.45. The van der Waals surface area contributed by atoms with Gasteiger partial charge in [0.15, 0.2) is 51.9 Å². The van der Waals surface area contributed by atoms with Gasteiger partial charge in [-0.05, 0) is 59.1 Å². The van der Waals surface area contributed by atoms with Crippen LogP contribution in [0.5, 0.6) is 0 Å². The minimum atomic E-state index is -4.51.